The van der Waals surface area contributed by atoms with Crippen LogP contribution in [0.4, 0.5) is 4.39 Å². The van der Waals surface area contributed by atoms with Gasteiger partial charge in [0.05, 0.1) is 13.2 Å². The molecule has 1 fully saturated rings. The number of carbonyl (C=O) groups excluding carboxylic acids is 1. The Bertz CT molecular complexity index is 1160. The van der Waals surface area contributed by atoms with E-state index in [1.807, 2.05) is 28.6 Å². The Labute approximate surface area is 175 Å². The molecule has 1 amide bonds. The van der Waals surface area contributed by atoms with E-state index < -0.39 is 29.3 Å². The molecule has 1 N–H and O–H groups in total. The highest BCUT2D eigenvalue weighted by Gasteiger charge is 2.44. The van der Waals surface area contributed by atoms with Crippen molar-refractivity contribution in [3.8, 4) is 5.75 Å². The number of amides is 1. The van der Waals surface area contributed by atoms with E-state index in [1.165, 1.54) is 40.4 Å². The third-order valence-corrected chi connectivity index (χ3v) is 6.34. The Morgan fingerprint density at radius 2 is 2.07 bits per heavy atom. The SMILES string of the molecule is O=C1c2c(O)c(=O)ccn2N([C@H](c2cccc(F)c2)c2cccs2)[C@@H]2COCCN12. The van der Waals surface area contributed by atoms with Crippen LogP contribution in [0.25, 0.3) is 0 Å². The van der Waals surface area contributed by atoms with Gasteiger partial charge >= 0.3 is 0 Å². The molecule has 0 saturated carbocycles. The number of hydrogen-bond acceptors (Lipinski definition) is 6. The molecule has 0 spiro atoms. The zero-order chi connectivity index (χ0) is 20.8. The number of ether oxygens (including phenoxy) is 1. The van der Waals surface area contributed by atoms with Crippen LogP contribution in [-0.2, 0) is 4.74 Å². The van der Waals surface area contributed by atoms with Gasteiger partial charge in [-0.15, -0.1) is 11.3 Å². The Kier molecular flexibility index (Phi) is 4.56. The van der Waals surface area contributed by atoms with Crippen molar-refractivity contribution >= 4 is 17.2 Å². The van der Waals surface area contributed by atoms with Gasteiger partial charge in [0.25, 0.3) is 5.91 Å². The summed E-state index contributed by atoms with van der Waals surface area (Å²) < 4.78 is 21.3. The molecule has 5 rings (SSSR count). The number of rotatable bonds is 3. The largest absolute Gasteiger partial charge is 0.502 e. The number of hydrogen-bond donors (Lipinski definition) is 1. The predicted octanol–water partition coefficient (Wildman–Crippen LogP) is 2.29. The van der Waals surface area contributed by atoms with Crippen molar-refractivity contribution in [1.29, 1.82) is 0 Å². The summed E-state index contributed by atoms with van der Waals surface area (Å²) in [6.45, 7) is 0.926. The summed E-state index contributed by atoms with van der Waals surface area (Å²) in [6, 6.07) is 10.9. The summed E-state index contributed by atoms with van der Waals surface area (Å²) in [5, 5.41) is 14.2. The molecule has 2 atom stereocenters. The number of halogens is 1. The highest BCUT2D eigenvalue weighted by atomic mass is 32.1. The van der Waals surface area contributed by atoms with E-state index in [-0.39, 0.29) is 18.1 Å². The lowest BCUT2D eigenvalue weighted by Crippen LogP contribution is -2.66. The number of morpholine rings is 1. The molecule has 3 aromatic rings. The second kappa shape index (κ2) is 7.26. The first-order chi connectivity index (χ1) is 14.6. The van der Waals surface area contributed by atoms with Gasteiger partial charge in [0, 0.05) is 23.7 Å². The number of fused-ring (bicyclic) bond motifs is 2. The van der Waals surface area contributed by atoms with Crippen molar-refractivity contribution in [2.45, 2.75) is 12.2 Å². The maximum atomic E-state index is 14.2. The second-order valence-electron chi connectivity index (χ2n) is 7.13. The maximum Gasteiger partial charge on any atom is 0.278 e. The quantitative estimate of drug-likeness (QED) is 0.694. The molecule has 0 bridgehead atoms. The molecule has 9 heteroatoms. The van der Waals surface area contributed by atoms with E-state index in [9.17, 15) is 19.1 Å². The molecule has 1 saturated heterocycles. The summed E-state index contributed by atoms with van der Waals surface area (Å²) in [7, 11) is 0. The monoisotopic (exact) mass is 427 g/mol. The van der Waals surface area contributed by atoms with Crippen molar-refractivity contribution < 1.29 is 19.0 Å². The normalized spacial score (nSPS) is 19.4. The molecule has 0 unspecified atom stereocenters. The zero-order valence-electron chi connectivity index (χ0n) is 15.8. The average molecular weight is 427 g/mol. The van der Waals surface area contributed by atoms with Gasteiger partial charge in [0.1, 0.15) is 18.0 Å². The number of thiophene rings is 1. The lowest BCUT2D eigenvalue weighted by atomic mass is 10.0. The van der Waals surface area contributed by atoms with Crippen LogP contribution in [0.1, 0.15) is 27.0 Å². The van der Waals surface area contributed by atoms with E-state index in [4.69, 9.17) is 4.74 Å². The van der Waals surface area contributed by atoms with E-state index in [0.29, 0.717) is 18.7 Å². The Morgan fingerprint density at radius 3 is 2.83 bits per heavy atom. The molecule has 2 aromatic heterocycles. The van der Waals surface area contributed by atoms with Crippen LogP contribution in [0.15, 0.2) is 58.8 Å². The van der Waals surface area contributed by atoms with Gasteiger partial charge in [-0.25, -0.2) is 4.39 Å². The number of aromatic hydroxyl groups is 1. The summed E-state index contributed by atoms with van der Waals surface area (Å²) in [5.41, 5.74) is -0.0419. The van der Waals surface area contributed by atoms with Crippen LogP contribution in [0.2, 0.25) is 0 Å². The molecular formula is C21H18FN3O4S. The molecule has 0 aliphatic carbocycles. The van der Waals surface area contributed by atoms with E-state index in [0.717, 1.165) is 4.88 Å². The van der Waals surface area contributed by atoms with Crippen molar-refractivity contribution in [1.82, 2.24) is 9.58 Å². The highest BCUT2D eigenvalue weighted by Crippen LogP contribution is 2.37. The van der Waals surface area contributed by atoms with Crippen molar-refractivity contribution in [2.75, 3.05) is 24.8 Å². The summed E-state index contributed by atoms with van der Waals surface area (Å²) >= 11 is 1.50. The average Bonchev–Trinajstić information content (AvgIpc) is 3.27. The molecule has 2 aliphatic heterocycles. The van der Waals surface area contributed by atoms with E-state index in [2.05, 4.69) is 0 Å². The lowest BCUT2D eigenvalue weighted by molar-refractivity contribution is -0.0196. The Hall–Kier alpha value is -3.17. The minimum atomic E-state index is -0.625. The lowest BCUT2D eigenvalue weighted by Gasteiger charge is -2.51. The van der Waals surface area contributed by atoms with Crippen molar-refractivity contribution in [3.05, 3.63) is 86.2 Å². The topological polar surface area (TPSA) is 75.0 Å². The fourth-order valence-corrected chi connectivity index (χ4v) is 4.95. The fourth-order valence-electron chi connectivity index (χ4n) is 4.10. The minimum absolute atomic E-state index is 0.0985. The molecule has 7 nitrogen and oxygen atoms in total. The van der Waals surface area contributed by atoms with Crippen LogP contribution in [-0.4, -0.2) is 46.5 Å². The molecule has 1 aromatic carbocycles. The van der Waals surface area contributed by atoms with Gasteiger partial charge in [-0.1, -0.05) is 18.2 Å². The smallest absolute Gasteiger partial charge is 0.278 e. The Morgan fingerprint density at radius 1 is 1.20 bits per heavy atom. The van der Waals surface area contributed by atoms with Crippen molar-refractivity contribution in [3.63, 3.8) is 0 Å². The predicted molar refractivity (Wildman–Crippen MR) is 109 cm³/mol. The number of nitrogens with zero attached hydrogens (tertiary/aromatic N) is 3. The Balaban J connectivity index is 1.77. The molecule has 0 radical (unpaired) electrons. The van der Waals surface area contributed by atoms with Crippen LogP contribution >= 0.6 is 11.3 Å². The van der Waals surface area contributed by atoms with Crippen LogP contribution in [0.5, 0.6) is 5.75 Å². The van der Waals surface area contributed by atoms with Gasteiger partial charge in [-0.2, -0.15) is 0 Å². The first-order valence-electron chi connectivity index (χ1n) is 9.47. The highest BCUT2D eigenvalue weighted by molar-refractivity contribution is 7.10. The van der Waals surface area contributed by atoms with Gasteiger partial charge in [-0.05, 0) is 29.1 Å². The second-order valence-corrected chi connectivity index (χ2v) is 8.11. The van der Waals surface area contributed by atoms with Crippen LogP contribution in [0.3, 0.4) is 0 Å². The number of benzene rings is 1. The maximum absolute atomic E-state index is 14.2. The molecule has 30 heavy (non-hydrogen) atoms. The number of aromatic nitrogens is 1. The van der Waals surface area contributed by atoms with Gasteiger partial charge in [-0.3, -0.25) is 19.3 Å². The van der Waals surface area contributed by atoms with Gasteiger partial charge in [0.15, 0.2) is 11.4 Å². The summed E-state index contributed by atoms with van der Waals surface area (Å²) in [5.74, 6) is -1.40. The van der Waals surface area contributed by atoms with Crippen molar-refractivity contribution in [2.24, 2.45) is 0 Å². The summed E-state index contributed by atoms with van der Waals surface area (Å²) in [6.07, 6.45) is 0.984. The minimum Gasteiger partial charge on any atom is -0.502 e. The summed E-state index contributed by atoms with van der Waals surface area (Å²) in [4.78, 5) is 27.7. The number of pyridine rings is 1. The third kappa shape index (κ3) is 2.89. The standard InChI is InChI=1S/C21H18FN3O4S/c22-14-4-1-3-13(11-14)18(16-5-2-10-30-16)25-17-12-29-9-8-23(17)21(28)19-20(27)15(26)6-7-24(19)25/h1-7,10-11,17-18,27H,8-9,12H2/t17-,18-/m1/s1. The first-order valence-corrected chi connectivity index (χ1v) is 10.3. The van der Waals surface area contributed by atoms with E-state index >= 15 is 0 Å². The van der Waals surface area contributed by atoms with E-state index in [1.54, 1.807) is 11.0 Å². The molecule has 154 valence electrons. The number of carbonyl (C=O) groups is 1. The van der Waals surface area contributed by atoms with Gasteiger partial charge in [0.2, 0.25) is 5.43 Å². The molecule has 2 aliphatic rings. The zero-order valence-corrected chi connectivity index (χ0v) is 16.6. The van der Waals surface area contributed by atoms with Crippen LogP contribution < -0.4 is 10.4 Å². The van der Waals surface area contributed by atoms with Crippen LogP contribution in [0, 0.1) is 5.82 Å². The molecular weight excluding hydrogens is 409 g/mol. The van der Waals surface area contributed by atoms with Gasteiger partial charge < -0.3 is 14.7 Å². The third-order valence-electron chi connectivity index (χ3n) is 5.42. The molecule has 4 heterocycles. The first kappa shape index (κ1) is 18.8. The fraction of sp³-hybridized carbons (Fsp3) is 0.238.